The van der Waals surface area contributed by atoms with Crippen LogP contribution in [0.5, 0.6) is 0 Å². The van der Waals surface area contributed by atoms with E-state index in [0.717, 1.165) is 13.0 Å². The van der Waals surface area contributed by atoms with Gasteiger partial charge in [-0.25, -0.2) is 0 Å². The monoisotopic (exact) mass is 238 g/mol. The Morgan fingerprint density at radius 1 is 1.22 bits per heavy atom. The fourth-order valence-electron chi connectivity index (χ4n) is 3.64. The van der Waals surface area contributed by atoms with Crippen molar-refractivity contribution in [2.24, 2.45) is 0 Å². The minimum Gasteiger partial charge on any atom is -0.358 e. The summed E-state index contributed by atoms with van der Waals surface area (Å²) in [5, 5.41) is 5.17. The maximum atomic E-state index is 3.69. The molecule has 0 fully saturated rings. The van der Waals surface area contributed by atoms with Gasteiger partial charge in [0.25, 0.3) is 0 Å². The number of aromatic amines is 1. The summed E-state index contributed by atoms with van der Waals surface area (Å²) >= 11 is 0. The summed E-state index contributed by atoms with van der Waals surface area (Å²) in [5.74, 6) is 0.546. The van der Waals surface area contributed by atoms with Crippen molar-refractivity contribution in [1.82, 2.24) is 10.3 Å². The molecule has 0 amide bonds. The molecule has 0 spiro atoms. The minimum absolute atomic E-state index is 0.546. The molecule has 2 nitrogen and oxygen atoms in total. The number of hydrogen-bond acceptors (Lipinski definition) is 1. The second-order valence-corrected chi connectivity index (χ2v) is 5.73. The van der Waals surface area contributed by atoms with Crippen LogP contribution in [0.3, 0.4) is 0 Å². The van der Waals surface area contributed by atoms with Gasteiger partial charge in [0.15, 0.2) is 0 Å². The molecule has 2 heterocycles. The maximum Gasteiger partial charge on any atom is 0.0461 e. The number of aryl methyl sites for hydroxylation is 1. The lowest BCUT2D eigenvalue weighted by molar-refractivity contribution is 0.461. The molecular weight excluding hydrogens is 220 g/mol. The SMILES string of the molecule is CC1=C[C@@H]2c3cccc4[nH]c(C)c(c34)C[C@H]2NC1. The van der Waals surface area contributed by atoms with E-state index in [1.165, 1.54) is 33.3 Å². The van der Waals surface area contributed by atoms with Crippen molar-refractivity contribution in [3.8, 4) is 0 Å². The zero-order valence-corrected chi connectivity index (χ0v) is 10.9. The van der Waals surface area contributed by atoms with Gasteiger partial charge in [-0.3, -0.25) is 0 Å². The van der Waals surface area contributed by atoms with Crippen LogP contribution in [0.4, 0.5) is 0 Å². The van der Waals surface area contributed by atoms with Crippen molar-refractivity contribution in [2.75, 3.05) is 6.54 Å². The van der Waals surface area contributed by atoms with Crippen LogP contribution in [0.2, 0.25) is 0 Å². The van der Waals surface area contributed by atoms with Crippen LogP contribution >= 0.6 is 0 Å². The van der Waals surface area contributed by atoms with E-state index < -0.39 is 0 Å². The Morgan fingerprint density at radius 3 is 3.00 bits per heavy atom. The summed E-state index contributed by atoms with van der Waals surface area (Å²) in [6.07, 6.45) is 3.61. The molecule has 0 saturated heterocycles. The zero-order chi connectivity index (χ0) is 12.3. The standard InChI is InChI=1S/C16H18N2/c1-9-6-13-11-4-3-5-14-16(11)12(10(2)18-14)7-15(13)17-8-9/h3-6,13,15,17-18H,7-8H2,1-2H3/t13-,15-/m1/s1. The first-order valence-electron chi connectivity index (χ1n) is 6.75. The van der Waals surface area contributed by atoms with E-state index in [1.54, 1.807) is 0 Å². The van der Waals surface area contributed by atoms with Crippen LogP contribution in [0.25, 0.3) is 10.9 Å². The quantitative estimate of drug-likeness (QED) is 0.678. The molecule has 1 aromatic carbocycles. The third-order valence-corrected chi connectivity index (χ3v) is 4.50. The highest BCUT2D eigenvalue weighted by atomic mass is 14.9. The first-order chi connectivity index (χ1) is 8.74. The fraction of sp³-hybridized carbons (Fsp3) is 0.375. The number of rotatable bonds is 0. The van der Waals surface area contributed by atoms with Gasteiger partial charge in [0.05, 0.1) is 0 Å². The van der Waals surface area contributed by atoms with E-state index in [1.807, 2.05) is 0 Å². The van der Waals surface area contributed by atoms with E-state index in [-0.39, 0.29) is 0 Å². The Bertz CT molecular complexity index is 663. The number of aromatic nitrogens is 1. The Kier molecular flexibility index (Phi) is 2.01. The smallest absolute Gasteiger partial charge is 0.0461 e. The topological polar surface area (TPSA) is 27.8 Å². The van der Waals surface area contributed by atoms with E-state index in [9.17, 15) is 0 Å². The molecule has 4 rings (SSSR count). The molecule has 1 aromatic heterocycles. The van der Waals surface area contributed by atoms with Crippen LogP contribution in [0.15, 0.2) is 29.8 Å². The largest absolute Gasteiger partial charge is 0.358 e. The Morgan fingerprint density at radius 2 is 2.11 bits per heavy atom. The van der Waals surface area contributed by atoms with Crippen molar-refractivity contribution < 1.29 is 0 Å². The average molecular weight is 238 g/mol. The van der Waals surface area contributed by atoms with E-state index in [4.69, 9.17) is 0 Å². The predicted octanol–water partition coefficient (Wildman–Crippen LogP) is 3.03. The van der Waals surface area contributed by atoms with Gasteiger partial charge in [0, 0.05) is 35.1 Å². The number of benzene rings is 1. The molecule has 1 aliphatic heterocycles. The summed E-state index contributed by atoms with van der Waals surface area (Å²) in [6.45, 7) is 5.46. The summed E-state index contributed by atoms with van der Waals surface area (Å²) in [7, 11) is 0. The number of nitrogens with one attached hydrogen (secondary N) is 2. The van der Waals surface area contributed by atoms with Crippen LogP contribution in [0, 0.1) is 6.92 Å². The summed E-state index contributed by atoms with van der Waals surface area (Å²) in [4.78, 5) is 3.53. The summed E-state index contributed by atoms with van der Waals surface area (Å²) < 4.78 is 0. The van der Waals surface area contributed by atoms with Gasteiger partial charge >= 0.3 is 0 Å². The second kappa shape index (κ2) is 3.48. The van der Waals surface area contributed by atoms with Crippen molar-refractivity contribution in [3.63, 3.8) is 0 Å². The third-order valence-electron chi connectivity index (χ3n) is 4.50. The van der Waals surface area contributed by atoms with Crippen LogP contribution in [-0.2, 0) is 6.42 Å². The summed E-state index contributed by atoms with van der Waals surface area (Å²) in [5.41, 5.74) is 7.11. The highest BCUT2D eigenvalue weighted by Gasteiger charge is 2.32. The molecule has 1 aliphatic carbocycles. The van der Waals surface area contributed by atoms with Crippen LogP contribution in [-0.4, -0.2) is 17.6 Å². The number of hydrogen-bond donors (Lipinski definition) is 2. The molecule has 2 N–H and O–H groups in total. The van der Waals surface area contributed by atoms with E-state index >= 15 is 0 Å². The number of fused-ring (bicyclic) bond motifs is 2. The Hall–Kier alpha value is -1.54. The first-order valence-corrected chi connectivity index (χ1v) is 6.75. The molecule has 2 atom stereocenters. The summed E-state index contributed by atoms with van der Waals surface area (Å²) in [6, 6.07) is 7.24. The maximum absolute atomic E-state index is 3.69. The fourth-order valence-corrected chi connectivity index (χ4v) is 3.64. The molecule has 2 heteroatoms. The molecule has 2 aliphatic rings. The van der Waals surface area contributed by atoms with Gasteiger partial charge in [-0.1, -0.05) is 23.8 Å². The molecule has 0 radical (unpaired) electrons. The normalized spacial score (nSPS) is 26.0. The lowest BCUT2D eigenvalue weighted by Crippen LogP contribution is -2.42. The predicted molar refractivity (Wildman–Crippen MR) is 75.0 cm³/mol. The van der Waals surface area contributed by atoms with Gasteiger partial charge in [-0.2, -0.15) is 0 Å². The molecule has 0 bridgehead atoms. The first kappa shape index (κ1) is 10.4. The van der Waals surface area contributed by atoms with Crippen molar-refractivity contribution in [2.45, 2.75) is 32.2 Å². The highest BCUT2D eigenvalue weighted by Crippen LogP contribution is 2.40. The molecule has 0 unspecified atom stereocenters. The molecule has 18 heavy (non-hydrogen) atoms. The van der Waals surface area contributed by atoms with E-state index in [0.29, 0.717) is 12.0 Å². The van der Waals surface area contributed by atoms with Crippen molar-refractivity contribution >= 4 is 10.9 Å². The Balaban J connectivity index is 2.03. The van der Waals surface area contributed by atoms with Gasteiger partial charge in [-0.15, -0.1) is 0 Å². The van der Waals surface area contributed by atoms with Crippen molar-refractivity contribution in [1.29, 1.82) is 0 Å². The van der Waals surface area contributed by atoms with Crippen LogP contribution in [0.1, 0.15) is 29.7 Å². The van der Waals surface area contributed by atoms with Gasteiger partial charge in [0.2, 0.25) is 0 Å². The minimum atomic E-state index is 0.546. The molecule has 0 saturated carbocycles. The highest BCUT2D eigenvalue weighted by molar-refractivity contribution is 5.90. The van der Waals surface area contributed by atoms with Gasteiger partial charge in [-0.05, 0) is 37.5 Å². The van der Waals surface area contributed by atoms with Crippen molar-refractivity contribution in [3.05, 3.63) is 46.7 Å². The lowest BCUT2D eigenvalue weighted by atomic mass is 9.77. The molecular formula is C16H18N2. The average Bonchev–Trinajstić information content (AvgIpc) is 2.69. The molecule has 92 valence electrons. The third kappa shape index (κ3) is 1.27. The zero-order valence-electron chi connectivity index (χ0n) is 10.9. The number of H-pyrrole nitrogens is 1. The van der Waals surface area contributed by atoms with Gasteiger partial charge < -0.3 is 10.3 Å². The van der Waals surface area contributed by atoms with E-state index in [2.05, 4.69) is 48.4 Å². The van der Waals surface area contributed by atoms with Crippen LogP contribution < -0.4 is 5.32 Å². The Labute approximate surface area is 107 Å². The second-order valence-electron chi connectivity index (χ2n) is 5.73. The molecule has 2 aromatic rings. The lowest BCUT2D eigenvalue weighted by Gasteiger charge is -2.35. The van der Waals surface area contributed by atoms with Gasteiger partial charge in [0.1, 0.15) is 0 Å².